The summed E-state index contributed by atoms with van der Waals surface area (Å²) < 4.78 is 25.0. The van der Waals surface area contributed by atoms with Gasteiger partial charge in [0.2, 0.25) is 0 Å². The molecule has 0 saturated heterocycles. The van der Waals surface area contributed by atoms with Gasteiger partial charge in [0.15, 0.2) is 0 Å². The van der Waals surface area contributed by atoms with Crippen molar-refractivity contribution in [3.05, 3.63) is 0 Å². The SMILES string of the molecule is CCOP(=O)(OC(C)C)N(CC)C(C)C. The molecule has 92 valence electrons. The van der Waals surface area contributed by atoms with E-state index < -0.39 is 7.75 Å². The van der Waals surface area contributed by atoms with Crippen LogP contribution in [0.2, 0.25) is 0 Å². The first-order valence-electron chi connectivity index (χ1n) is 5.57. The number of hydrogen-bond donors (Lipinski definition) is 0. The summed E-state index contributed by atoms with van der Waals surface area (Å²) in [5.74, 6) is 0. The van der Waals surface area contributed by atoms with Crippen molar-refractivity contribution >= 4 is 7.75 Å². The van der Waals surface area contributed by atoms with E-state index in [2.05, 4.69) is 0 Å². The minimum absolute atomic E-state index is 0.102. The van der Waals surface area contributed by atoms with Crippen molar-refractivity contribution in [2.75, 3.05) is 13.2 Å². The lowest BCUT2D eigenvalue weighted by Crippen LogP contribution is -2.30. The van der Waals surface area contributed by atoms with E-state index in [4.69, 9.17) is 9.05 Å². The molecule has 0 spiro atoms. The predicted molar refractivity (Wildman–Crippen MR) is 63.0 cm³/mol. The van der Waals surface area contributed by atoms with Crippen LogP contribution in [0.3, 0.4) is 0 Å². The van der Waals surface area contributed by atoms with Gasteiger partial charge in [-0.05, 0) is 34.6 Å². The molecular formula is C10H24NO3P. The highest BCUT2D eigenvalue weighted by atomic mass is 31.2. The molecule has 0 N–H and O–H groups in total. The third-order valence-electron chi connectivity index (χ3n) is 1.87. The van der Waals surface area contributed by atoms with Crippen molar-refractivity contribution in [3.8, 4) is 0 Å². The Bertz CT molecular complexity index is 219. The summed E-state index contributed by atoms with van der Waals surface area (Å²) in [7, 11) is -3.11. The lowest BCUT2D eigenvalue weighted by Gasteiger charge is -2.32. The molecule has 0 aromatic rings. The average Bonchev–Trinajstić information content (AvgIpc) is 2.02. The highest BCUT2D eigenvalue weighted by molar-refractivity contribution is 7.51. The van der Waals surface area contributed by atoms with Crippen LogP contribution < -0.4 is 0 Å². The first-order chi connectivity index (χ1) is 6.87. The Kier molecular flexibility index (Phi) is 6.69. The van der Waals surface area contributed by atoms with Gasteiger partial charge in [-0.2, -0.15) is 0 Å². The Hall–Kier alpha value is 0.110. The van der Waals surface area contributed by atoms with E-state index >= 15 is 0 Å². The van der Waals surface area contributed by atoms with Crippen molar-refractivity contribution in [1.82, 2.24) is 4.67 Å². The lowest BCUT2D eigenvalue weighted by atomic mass is 10.4. The van der Waals surface area contributed by atoms with Crippen molar-refractivity contribution in [3.63, 3.8) is 0 Å². The number of nitrogens with zero attached hydrogens (tertiary/aromatic N) is 1. The molecule has 0 amide bonds. The fourth-order valence-corrected chi connectivity index (χ4v) is 3.52. The Morgan fingerprint density at radius 3 is 2.00 bits per heavy atom. The molecule has 0 heterocycles. The Morgan fingerprint density at radius 2 is 1.73 bits per heavy atom. The summed E-state index contributed by atoms with van der Waals surface area (Å²) in [6.07, 6.45) is -0.102. The van der Waals surface area contributed by atoms with Crippen LogP contribution in [-0.4, -0.2) is 30.0 Å². The smallest absolute Gasteiger partial charge is 0.297 e. The topological polar surface area (TPSA) is 38.8 Å². The fourth-order valence-electron chi connectivity index (χ4n) is 1.42. The van der Waals surface area contributed by atoms with Crippen LogP contribution in [0.5, 0.6) is 0 Å². The van der Waals surface area contributed by atoms with Gasteiger partial charge in [0.05, 0.1) is 12.7 Å². The molecule has 5 heteroatoms. The molecule has 0 aromatic heterocycles. The third-order valence-corrected chi connectivity index (χ3v) is 4.52. The molecule has 0 bridgehead atoms. The summed E-state index contributed by atoms with van der Waals surface area (Å²) in [5, 5.41) is 0. The zero-order valence-corrected chi connectivity index (χ0v) is 11.6. The van der Waals surface area contributed by atoms with E-state index in [1.807, 2.05) is 41.5 Å². The predicted octanol–water partition coefficient (Wildman–Crippen LogP) is 3.29. The van der Waals surface area contributed by atoms with Crippen LogP contribution in [0.1, 0.15) is 41.5 Å². The molecule has 0 rings (SSSR count). The number of hydrogen-bond acceptors (Lipinski definition) is 3. The lowest BCUT2D eigenvalue weighted by molar-refractivity contribution is 0.124. The van der Waals surface area contributed by atoms with Crippen molar-refractivity contribution in [2.45, 2.75) is 53.7 Å². The first-order valence-corrected chi connectivity index (χ1v) is 7.07. The van der Waals surface area contributed by atoms with Gasteiger partial charge < -0.3 is 0 Å². The maximum Gasteiger partial charge on any atom is 0.408 e. The van der Waals surface area contributed by atoms with Gasteiger partial charge in [0, 0.05) is 12.6 Å². The van der Waals surface area contributed by atoms with Crippen LogP contribution in [-0.2, 0) is 13.6 Å². The van der Waals surface area contributed by atoms with Crippen LogP contribution >= 0.6 is 7.75 Å². The summed E-state index contributed by atoms with van der Waals surface area (Å²) in [6, 6.07) is 0.145. The molecule has 0 aliphatic rings. The second-order valence-corrected chi connectivity index (χ2v) is 5.81. The van der Waals surface area contributed by atoms with E-state index in [-0.39, 0.29) is 12.1 Å². The Morgan fingerprint density at radius 1 is 1.20 bits per heavy atom. The van der Waals surface area contributed by atoms with Crippen LogP contribution in [0.4, 0.5) is 0 Å². The normalized spacial score (nSPS) is 16.3. The van der Waals surface area contributed by atoms with E-state index in [1.165, 1.54) is 0 Å². The molecule has 1 unspecified atom stereocenters. The maximum atomic E-state index is 12.5. The van der Waals surface area contributed by atoms with Crippen molar-refractivity contribution in [1.29, 1.82) is 0 Å². The van der Waals surface area contributed by atoms with Crippen LogP contribution in [0.25, 0.3) is 0 Å². The second-order valence-electron chi connectivity index (χ2n) is 3.89. The highest BCUT2D eigenvalue weighted by Gasteiger charge is 2.34. The Labute approximate surface area is 93.5 Å². The minimum atomic E-state index is -3.11. The monoisotopic (exact) mass is 237 g/mol. The van der Waals surface area contributed by atoms with Crippen molar-refractivity contribution in [2.24, 2.45) is 0 Å². The number of rotatable bonds is 7. The van der Waals surface area contributed by atoms with Gasteiger partial charge >= 0.3 is 7.75 Å². The van der Waals surface area contributed by atoms with Crippen molar-refractivity contribution < 1.29 is 13.6 Å². The van der Waals surface area contributed by atoms with E-state index in [0.29, 0.717) is 13.2 Å². The molecule has 0 fully saturated rings. The molecule has 1 atom stereocenters. The van der Waals surface area contributed by atoms with Gasteiger partial charge in [-0.15, -0.1) is 0 Å². The molecular weight excluding hydrogens is 213 g/mol. The molecule has 4 nitrogen and oxygen atoms in total. The first kappa shape index (κ1) is 15.1. The van der Waals surface area contributed by atoms with Gasteiger partial charge in [-0.25, -0.2) is 9.24 Å². The largest absolute Gasteiger partial charge is 0.408 e. The van der Waals surface area contributed by atoms with E-state index in [1.54, 1.807) is 4.67 Å². The van der Waals surface area contributed by atoms with Crippen LogP contribution in [0, 0.1) is 0 Å². The van der Waals surface area contributed by atoms with E-state index in [9.17, 15) is 4.57 Å². The summed E-state index contributed by atoms with van der Waals surface area (Å²) in [6.45, 7) is 12.5. The highest BCUT2D eigenvalue weighted by Crippen LogP contribution is 2.53. The summed E-state index contributed by atoms with van der Waals surface area (Å²) in [5.41, 5.74) is 0. The van der Waals surface area contributed by atoms with Gasteiger partial charge in [-0.3, -0.25) is 9.05 Å². The molecule has 0 saturated carbocycles. The van der Waals surface area contributed by atoms with Crippen LogP contribution in [0.15, 0.2) is 0 Å². The maximum absolute atomic E-state index is 12.5. The fraction of sp³-hybridized carbons (Fsp3) is 1.00. The van der Waals surface area contributed by atoms with Gasteiger partial charge in [-0.1, -0.05) is 6.92 Å². The third kappa shape index (κ3) is 4.64. The zero-order chi connectivity index (χ0) is 12.1. The zero-order valence-electron chi connectivity index (χ0n) is 10.7. The van der Waals surface area contributed by atoms with Gasteiger partial charge in [0.25, 0.3) is 0 Å². The van der Waals surface area contributed by atoms with E-state index in [0.717, 1.165) is 0 Å². The summed E-state index contributed by atoms with van der Waals surface area (Å²) >= 11 is 0. The standard InChI is InChI=1S/C10H24NO3P/c1-7-11(9(3)4)15(12,13-8-2)14-10(5)6/h9-10H,7-8H2,1-6H3. The second kappa shape index (κ2) is 6.64. The Balaban J connectivity index is 4.81. The van der Waals surface area contributed by atoms with Gasteiger partial charge in [0.1, 0.15) is 0 Å². The quantitative estimate of drug-likeness (QED) is 0.637. The molecule has 0 aliphatic carbocycles. The molecule has 0 aliphatic heterocycles. The molecule has 15 heavy (non-hydrogen) atoms. The molecule has 0 radical (unpaired) electrons. The summed E-state index contributed by atoms with van der Waals surface area (Å²) in [4.78, 5) is 0. The average molecular weight is 237 g/mol. The molecule has 0 aromatic carbocycles. The minimum Gasteiger partial charge on any atom is -0.297 e.